The Morgan fingerprint density at radius 1 is 1.09 bits per heavy atom. The third-order valence-corrected chi connectivity index (χ3v) is 1.59. The van der Waals surface area contributed by atoms with E-state index in [-0.39, 0.29) is 11.6 Å². The minimum Gasteiger partial charge on any atom is -0.418 e. The fourth-order valence-corrected chi connectivity index (χ4v) is 0.787. The van der Waals surface area contributed by atoms with Crippen molar-refractivity contribution >= 4 is 18.0 Å². The van der Waals surface area contributed by atoms with Crippen LogP contribution < -0.4 is 0 Å². The average molecular weight is 167 g/mol. The molecular weight excluding hydrogens is 165 g/mol. The Balaban J connectivity index is 4.54. The summed E-state index contributed by atoms with van der Waals surface area (Å²) in [5.41, 5.74) is 0. The van der Waals surface area contributed by atoms with Gasteiger partial charge in [-0.15, -0.1) is 0 Å². The van der Waals surface area contributed by atoms with Gasteiger partial charge in [-0.05, 0) is 0 Å². The topological polar surface area (TPSA) is 112 Å². The van der Waals surface area contributed by atoms with E-state index in [1.54, 1.807) is 0 Å². The minimum absolute atomic E-state index is 0.175. The van der Waals surface area contributed by atoms with Crippen molar-refractivity contribution in [2.24, 2.45) is 0 Å². The lowest BCUT2D eigenvalue weighted by Gasteiger charge is -2.05. The number of hydrogen-bond donors (Lipinski definition) is 2. The van der Waals surface area contributed by atoms with E-state index in [0.717, 1.165) is 0 Å². The Labute approximate surface area is 67.5 Å². The summed E-state index contributed by atoms with van der Waals surface area (Å²) >= 11 is 0.175. The molecule has 0 bridgehead atoms. The van der Waals surface area contributed by atoms with E-state index in [2.05, 4.69) is 0 Å². The lowest BCUT2D eigenvalue weighted by Crippen LogP contribution is -2.24. The molecule has 2 N–H and O–H groups in total. The van der Waals surface area contributed by atoms with Crippen LogP contribution in [0.1, 0.15) is 0 Å². The zero-order valence-corrected chi connectivity index (χ0v) is 6.04. The molecule has 0 radical (unpaired) electrons. The van der Waals surface area contributed by atoms with Crippen LogP contribution in [0, 0.1) is 34.0 Å². The molecule has 0 amide bonds. The molecule has 0 unspecified atom stereocenters. The summed E-state index contributed by atoms with van der Waals surface area (Å²) < 4.78 is -2.02. The molecule has 0 aliphatic heterocycles. The van der Waals surface area contributed by atoms with Gasteiger partial charge in [0.1, 0.15) is 18.2 Å². The predicted octanol–water partition coefficient (Wildman–Crippen LogP) is -1.00. The second-order valence-corrected chi connectivity index (χ2v) is 2.73. The Morgan fingerprint density at radius 3 is 1.55 bits per heavy atom. The average Bonchev–Trinajstić information content (AvgIpc) is 2.00. The predicted molar refractivity (Wildman–Crippen MR) is 37.4 cm³/mol. The van der Waals surface area contributed by atoms with Crippen molar-refractivity contribution in [2.75, 3.05) is 0 Å². The highest BCUT2D eigenvalue weighted by Gasteiger charge is 2.35. The van der Waals surface area contributed by atoms with Crippen LogP contribution in [-0.2, 0) is 0 Å². The van der Waals surface area contributed by atoms with Crippen LogP contribution in [0.25, 0.3) is 0 Å². The van der Waals surface area contributed by atoms with Crippen LogP contribution in [0.3, 0.4) is 0 Å². The molecule has 11 heavy (non-hydrogen) atoms. The molecule has 7 heteroatoms. The fraction of sp³-hybridized carbons (Fsp3) is 0.250. The molecule has 54 valence electrons. The van der Waals surface area contributed by atoms with Gasteiger partial charge in [0.2, 0.25) is 0 Å². The number of hydrogen-bond acceptors (Lipinski definition) is 6. The molecule has 0 aliphatic rings. The number of nitriles is 3. The Morgan fingerprint density at radius 2 is 1.45 bits per heavy atom. The summed E-state index contributed by atoms with van der Waals surface area (Å²) in [6, 6.07) is 4.10. The molecular formula is C4H2BN3O2S. The number of rotatable bonds is 2. The van der Waals surface area contributed by atoms with Crippen LogP contribution in [-0.4, -0.2) is 21.2 Å². The van der Waals surface area contributed by atoms with Crippen molar-refractivity contribution in [2.45, 2.75) is 4.75 Å². The molecule has 0 saturated heterocycles. The van der Waals surface area contributed by atoms with E-state index < -0.39 is 11.1 Å². The Hall–Kier alpha value is -1.20. The van der Waals surface area contributed by atoms with Crippen molar-refractivity contribution in [1.82, 2.24) is 0 Å². The minimum atomic E-state index is -2.02. The molecule has 0 saturated carbocycles. The van der Waals surface area contributed by atoms with Crippen LogP contribution >= 0.6 is 11.6 Å². The van der Waals surface area contributed by atoms with Crippen molar-refractivity contribution in [1.29, 1.82) is 15.8 Å². The van der Waals surface area contributed by atoms with Gasteiger partial charge in [-0.2, -0.15) is 15.8 Å². The van der Waals surface area contributed by atoms with Gasteiger partial charge in [0, 0.05) is 0 Å². The van der Waals surface area contributed by atoms with Crippen LogP contribution in [0.5, 0.6) is 0 Å². The van der Waals surface area contributed by atoms with Crippen LogP contribution in [0.2, 0.25) is 0 Å². The van der Waals surface area contributed by atoms with E-state index in [1.807, 2.05) is 0 Å². The first-order valence-corrected chi connectivity index (χ1v) is 3.26. The summed E-state index contributed by atoms with van der Waals surface area (Å²) in [6.07, 6.45) is -1.89. The SMILES string of the molecule is N#CC(C#N)(C#N)SB(O)O. The zero-order chi connectivity index (χ0) is 8.91. The van der Waals surface area contributed by atoms with Crippen molar-refractivity contribution in [3.8, 4) is 18.2 Å². The molecule has 0 rings (SSSR count). The summed E-state index contributed by atoms with van der Waals surface area (Å²) in [4.78, 5) is 0. The fourth-order valence-electron chi connectivity index (χ4n) is 0.312. The molecule has 0 spiro atoms. The Kier molecular flexibility index (Phi) is 3.43. The maximum atomic E-state index is 8.35. The van der Waals surface area contributed by atoms with Gasteiger partial charge in [-0.3, -0.25) is 0 Å². The quantitative estimate of drug-likeness (QED) is 0.510. The lowest BCUT2D eigenvalue weighted by molar-refractivity contribution is 0.437. The third kappa shape index (κ3) is 2.49. The van der Waals surface area contributed by atoms with E-state index in [0.29, 0.717) is 0 Å². The monoisotopic (exact) mass is 167 g/mol. The third-order valence-electron chi connectivity index (χ3n) is 0.755. The first kappa shape index (κ1) is 9.80. The summed E-state index contributed by atoms with van der Waals surface area (Å²) in [5.74, 6) is 0. The maximum absolute atomic E-state index is 8.35. The summed E-state index contributed by atoms with van der Waals surface area (Å²) in [7, 11) is 0. The largest absolute Gasteiger partial charge is 0.529 e. The zero-order valence-electron chi connectivity index (χ0n) is 5.22. The van der Waals surface area contributed by atoms with E-state index >= 15 is 0 Å². The molecule has 0 aromatic heterocycles. The molecule has 0 fully saturated rings. The maximum Gasteiger partial charge on any atom is 0.529 e. The van der Waals surface area contributed by atoms with E-state index in [1.165, 1.54) is 18.2 Å². The standard InChI is InChI=1S/C4H2BN3O2S/c6-1-4(2-7,3-8)11-5(9)10/h9-10H. The summed E-state index contributed by atoms with van der Waals surface area (Å²) in [6.45, 7) is 0. The van der Waals surface area contributed by atoms with E-state index in [4.69, 9.17) is 25.8 Å². The highest BCUT2D eigenvalue weighted by atomic mass is 32.2. The van der Waals surface area contributed by atoms with Crippen LogP contribution in [0.4, 0.5) is 0 Å². The Bertz CT molecular complexity index is 224. The van der Waals surface area contributed by atoms with Crippen molar-refractivity contribution < 1.29 is 10.0 Å². The first-order chi connectivity index (χ1) is 5.10. The molecule has 0 aromatic rings. The van der Waals surface area contributed by atoms with Crippen molar-refractivity contribution in [3.05, 3.63) is 0 Å². The molecule has 0 aliphatic carbocycles. The van der Waals surface area contributed by atoms with Gasteiger partial charge in [0.25, 0.3) is 4.75 Å². The summed E-state index contributed by atoms with van der Waals surface area (Å²) in [5, 5.41) is 41.6. The molecule has 0 aromatic carbocycles. The highest BCUT2D eigenvalue weighted by molar-refractivity contribution is 8.25. The van der Waals surface area contributed by atoms with Gasteiger partial charge in [0.15, 0.2) is 0 Å². The van der Waals surface area contributed by atoms with Crippen molar-refractivity contribution in [3.63, 3.8) is 0 Å². The van der Waals surface area contributed by atoms with Gasteiger partial charge < -0.3 is 10.0 Å². The second-order valence-electron chi connectivity index (χ2n) is 1.46. The van der Waals surface area contributed by atoms with Gasteiger partial charge >= 0.3 is 6.40 Å². The smallest absolute Gasteiger partial charge is 0.418 e. The molecule has 0 atom stereocenters. The van der Waals surface area contributed by atoms with Gasteiger partial charge in [-0.1, -0.05) is 11.6 Å². The molecule has 0 heterocycles. The van der Waals surface area contributed by atoms with E-state index in [9.17, 15) is 0 Å². The normalized spacial score (nSPS) is 9.00. The first-order valence-electron chi connectivity index (χ1n) is 2.38. The number of nitrogens with zero attached hydrogens (tertiary/aromatic N) is 3. The highest BCUT2D eigenvalue weighted by Crippen LogP contribution is 2.23. The van der Waals surface area contributed by atoms with Gasteiger partial charge in [-0.25, -0.2) is 0 Å². The second kappa shape index (κ2) is 3.85. The van der Waals surface area contributed by atoms with Crippen LogP contribution in [0.15, 0.2) is 0 Å². The molecule has 5 nitrogen and oxygen atoms in total. The van der Waals surface area contributed by atoms with Gasteiger partial charge in [0.05, 0.1) is 0 Å². The lowest BCUT2D eigenvalue weighted by atomic mass is 10.2.